The lowest BCUT2D eigenvalue weighted by atomic mass is 10.1. The minimum Gasteiger partial charge on any atom is -0.403 e. The maximum Gasteiger partial charge on any atom is 0.491 e. The highest BCUT2D eigenvalue weighted by atomic mass is 19.4. The topological polar surface area (TPSA) is 92.0 Å². The van der Waals surface area contributed by atoms with Crippen LogP contribution in [0.25, 0.3) is 11.1 Å². The zero-order chi connectivity index (χ0) is 15.6. The van der Waals surface area contributed by atoms with Gasteiger partial charge in [-0.3, -0.25) is 14.6 Å². The Morgan fingerprint density at radius 1 is 1.05 bits per heavy atom. The molecule has 2 aromatic rings. The monoisotopic (exact) mass is 300 g/mol. The van der Waals surface area contributed by atoms with Gasteiger partial charge in [0, 0.05) is 6.20 Å². The van der Waals surface area contributed by atoms with Crippen LogP contribution >= 0.6 is 0 Å². The Hall–Kier alpha value is -2.84. The number of H-pyrrole nitrogens is 2. The van der Waals surface area contributed by atoms with Crippen LogP contribution in [0.1, 0.15) is 0 Å². The summed E-state index contributed by atoms with van der Waals surface area (Å²) in [6.45, 7) is 0. The molecule has 0 aliphatic rings. The molecule has 0 spiro atoms. The van der Waals surface area contributed by atoms with Crippen molar-refractivity contribution in [3.8, 4) is 17.0 Å². The molecule has 2 N–H and O–H groups in total. The minimum atomic E-state index is -5.17. The van der Waals surface area contributed by atoms with E-state index in [0.717, 1.165) is 12.1 Å². The highest BCUT2D eigenvalue weighted by Crippen LogP contribution is 2.19. The second-order valence-electron chi connectivity index (χ2n) is 3.87. The van der Waals surface area contributed by atoms with E-state index in [1.54, 1.807) is 0 Å². The SMILES string of the molecule is O=C(Oc1ccc(-c2ccc[nH]c2=O)c(=O)[nH]1)C(F)(F)F. The first-order valence-corrected chi connectivity index (χ1v) is 5.49. The molecular formula is C12H7F3N2O4. The van der Waals surface area contributed by atoms with Gasteiger partial charge in [0.1, 0.15) is 0 Å². The van der Waals surface area contributed by atoms with Gasteiger partial charge in [-0.1, -0.05) is 0 Å². The first kappa shape index (κ1) is 14.6. The third-order valence-corrected chi connectivity index (χ3v) is 2.43. The second-order valence-corrected chi connectivity index (χ2v) is 3.87. The molecule has 2 aromatic heterocycles. The molecule has 0 fully saturated rings. The minimum absolute atomic E-state index is 0.0347. The van der Waals surface area contributed by atoms with Crippen LogP contribution in [0.3, 0.4) is 0 Å². The van der Waals surface area contributed by atoms with Gasteiger partial charge in [-0.2, -0.15) is 13.2 Å². The van der Waals surface area contributed by atoms with Crippen LogP contribution in [0, 0.1) is 0 Å². The molecule has 9 heteroatoms. The normalized spacial score (nSPS) is 11.2. The zero-order valence-corrected chi connectivity index (χ0v) is 10.2. The highest BCUT2D eigenvalue weighted by Gasteiger charge is 2.41. The van der Waals surface area contributed by atoms with Gasteiger partial charge in [0.25, 0.3) is 11.1 Å². The first-order valence-electron chi connectivity index (χ1n) is 5.49. The fraction of sp³-hybridized carbons (Fsp3) is 0.0833. The third kappa shape index (κ3) is 3.19. The lowest BCUT2D eigenvalue weighted by Crippen LogP contribution is -2.29. The molecule has 0 radical (unpaired) electrons. The molecule has 0 aromatic carbocycles. The number of halogens is 3. The summed E-state index contributed by atoms with van der Waals surface area (Å²) in [6, 6.07) is 4.88. The molecule has 6 nitrogen and oxygen atoms in total. The Labute approximate surface area is 114 Å². The van der Waals surface area contributed by atoms with Crippen LogP contribution in [-0.4, -0.2) is 22.1 Å². The molecule has 2 rings (SSSR count). The Bertz CT molecular complexity index is 792. The van der Waals surface area contributed by atoms with Crippen molar-refractivity contribution >= 4 is 5.97 Å². The van der Waals surface area contributed by atoms with Crippen molar-refractivity contribution in [3.63, 3.8) is 0 Å². The fourth-order valence-corrected chi connectivity index (χ4v) is 1.52. The Balaban J connectivity index is 2.36. The predicted octanol–water partition coefficient (Wildman–Crippen LogP) is 1.20. The van der Waals surface area contributed by atoms with E-state index in [1.807, 2.05) is 4.98 Å². The predicted molar refractivity (Wildman–Crippen MR) is 64.8 cm³/mol. The van der Waals surface area contributed by atoms with Gasteiger partial charge in [0.05, 0.1) is 11.1 Å². The summed E-state index contributed by atoms with van der Waals surface area (Å²) in [6.07, 6.45) is -3.81. The van der Waals surface area contributed by atoms with Crippen molar-refractivity contribution < 1.29 is 22.7 Å². The Kier molecular flexibility index (Phi) is 3.66. The number of hydrogen-bond donors (Lipinski definition) is 2. The van der Waals surface area contributed by atoms with Crippen LogP contribution < -0.4 is 15.9 Å². The van der Waals surface area contributed by atoms with Crippen LogP contribution in [0.2, 0.25) is 0 Å². The summed E-state index contributed by atoms with van der Waals surface area (Å²) >= 11 is 0. The van der Waals surface area contributed by atoms with Gasteiger partial charge >= 0.3 is 12.1 Å². The number of aromatic amines is 2. The molecular weight excluding hydrogens is 293 g/mol. The molecule has 0 bridgehead atoms. The van der Waals surface area contributed by atoms with E-state index in [2.05, 4.69) is 9.72 Å². The average molecular weight is 300 g/mol. The number of aromatic nitrogens is 2. The van der Waals surface area contributed by atoms with Crippen LogP contribution in [0.15, 0.2) is 40.1 Å². The maximum absolute atomic E-state index is 12.0. The lowest BCUT2D eigenvalue weighted by molar-refractivity contribution is -0.190. The second kappa shape index (κ2) is 5.27. The summed E-state index contributed by atoms with van der Waals surface area (Å²) < 4.78 is 40.0. The van der Waals surface area contributed by atoms with E-state index in [1.165, 1.54) is 18.3 Å². The average Bonchev–Trinajstić information content (AvgIpc) is 2.39. The number of nitrogens with one attached hydrogen (secondary N) is 2. The van der Waals surface area contributed by atoms with E-state index in [4.69, 9.17) is 0 Å². The number of carbonyl (C=O) groups is 1. The van der Waals surface area contributed by atoms with Gasteiger partial charge < -0.3 is 9.72 Å². The largest absolute Gasteiger partial charge is 0.491 e. The Morgan fingerprint density at radius 3 is 2.29 bits per heavy atom. The molecule has 21 heavy (non-hydrogen) atoms. The Morgan fingerprint density at radius 2 is 1.71 bits per heavy atom. The quantitative estimate of drug-likeness (QED) is 0.815. The molecule has 0 saturated heterocycles. The van der Waals surface area contributed by atoms with Gasteiger partial charge in [0.15, 0.2) is 0 Å². The number of carbonyl (C=O) groups excluding carboxylic acids is 1. The van der Waals surface area contributed by atoms with Crippen molar-refractivity contribution in [2.24, 2.45) is 0 Å². The summed E-state index contributed by atoms with van der Waals surface area (Å²) in [7, 11) is 0. The zero-order valence-electron chi connectivity index (χ0n) is 10.2. The number of alkyl halides is 3. The van der Waals surface area contributed by atoms with E-state index in [0.29, 0.717) is 0 Å². The van der Waals surface area contributed by atoms with Gasteiger partial charge in [-0.15, -0.1) is 0 Å². The molecule has 0 atom stereocenters. The standard InChI is InChI=1S/C12H7F3N2O4/c13-12(14,15)11(20)21-8-4-3-7(10(19)17-8)6-2-1-5-16-9(6)18/h1-5H,(H,16,18)(H,17,19). The van der Waals surface area contributed by atoms with Gasteiger partial charge in [-0.05, 0) is 24.3 Å². The molecule has 0 aliphatic heterocycles. The fourth-order valence-electron chi connectivity index (χ4n) is 1.52. The molecule has 0 amide bonds. The van der Waals surface area contributed by atoms with Crippen molar-refractivity contribution in [1.29, 1.82) is 0 Å². The number of esters is 1. The maximum atomic E-state index is 12.0. The lowest BCUT2D eigenvalue weighted by Gasteiger charge is -2.07. The number of pyridine rings is 2. The first-order chi connectivity index (χ1) is 9.79. The van der Waals surface area contributed by atoms with Crippen LogP contribution in [0.4, 0.5) is 13.2 Å². The smallest absolute Gasteiger partial charge is 0.403 e. The molecule has 2 heterocycles. The highest BCUT2D eigenvalue weighted by molar-refractivity contribution is 5.77. The van der Waals surface area contributed by atoms with E-state index < -0.39 is 29.1 Å². The van der Waals surface area contributed by atoms with Crippen molar-refractivity contribution in [3.05, 3.63) is 51.2 Å². The van der Waals surface area contributed by atoms with Crippen molar-refractivity contribution in [2.75, 3.05) is 0 Å². The number of ether oxygens (including phenoxy) is 1. The molecule has 110 valence electrons. The van der Waals surface area contributed by atoms with E-state index in [9.17, 15) is 27.6 Å². The number of rotatable bonds is 2. The van der Waals surface area contributed by atoms with Gasteiger partial charge in [0.2, 0.25) is 5.88 Å². The summed E-state index contributed by atoms with van der Waals surface area (Å²) in [5, 5.41) is 0. The van der Waals surface area contributed by atoms with E-state index in [-0.39, 0.29) is 11.1 Å². The van der Waals surface area contributed by atoms with Crippen LogP contribution in [-0.2, 0) is 4.79 Å². The van der Waals surface area contributed by atoms with Crippen molar-refractivity contribution in [2.45, 2.75) is 6.18 Å². The van der Waals surface area contributed by atoms with Gasteiger partial charge in [-0.25, -0.2) is 4.79 Å². The summed E-state index contributed by atoms with van der Waals surface area (Å²) in [5.41, 5.74) is -1.43. The molecule has 0 unspecified atom stereocenters. The van der Waals surface area contributed by atoms with E-state index >= 15 is 0 Å². The van der Waals surface area contributed by atoms with Crippen LogP contribution in [0.5, 0.6) is 5.88 Å². The molecule has 0 aliphatic carbocycles. The van der Waals surface area contributed by atoms with Crippen molar-refractivity contribution in [1.82, 2.24) is 9.97 Å². The summed E-state index contributed by atoms with van der Waals surface area (Å²) in [4.78, 5) is 38.2. The summed E-state index contributed by atoms with van der Waals surface area (Å²) in [5.74, 6) is -3.12. The number of hydrogen-bond acceptors (Lipinski definition) is 4. The third-order valence-electron chi connectivity index (χ3n) is 2.43. The molecule has 0 saturated carbocycles.